The molecule has 0 aromatic heterocycles. The number of hydrogen-bond acceptors (Lipinski definition) is 1. The minimum Gasteiger partial charge on any atom is -0.378 e. The predicted octanol–water partition coefficient (Wildman–Crippen LogP) is 10.6. The number of benzene rings is 1. The lowest BCUT2D eigenvalue weighted by molar-refractivity contribution is -0.0812. The average Bonchev–Trinajstić information content (AvgIpc) is 2.88. The normalized spacial score (nSPS) is 25.6. The molecular formula is C31H37F7O. The van der Waals surface area contributed by atoms with Crippen LogP contribution < -0.4 is 0 Å². The quantitative estimate of drug-likeness (QED) is 0.158. The van der Waals surface area contributed by atoms with Crippen molar-refractivity contribution in [2.24, 2.45) is 11.8 Å². The van der Waals surface area contributed by atoms with Gasteiger partial charge in [-0.1, -0.05) is 44.9 Å². The molecule has 0 radical (unpaired) electrons. The van der Waals surface area contributed by atoms with Gasteiger partial charge in [-0.15, -0.1) is 0 Å². The Morgan fingerprint density at radius 1 is 1.03 bits per heavy atom. The zero-order valence-electron chi connectivity index (χ0n) is 22.3. The van der Waals surface area contributed by atoms with Crippen molar-refractivity contribution in [1.29, 1.82) is 0 Å². The Morgan fingerprint density at radius 3 is 2.31 bits per heavy atom. The smallest absolute Gasteiger partial charge is 0.378 e. The Bertz CT molecular complexity index is 1050. The molecule has 0 amide bonds. The van der Waals surface area contributed by atoms with Crippen molar-refractivity contribution >= 4 is 5.57 Å². The van der Waals surface area contributed by atoms with Crippen LogP contribution in [0.25, 0.3) is 5.57 Å². The van der Waals surface area contributed by atoms with Crippen molar-refractivity contribution in [3.8, 4) is 0 Å². The molecule has 1 aromatic rings. The van der Waals surface area contributed by atoms with E-state index in [1.165, 1.54) is 44.2 Å². The fourth-order valence-corrected chi connectivity index (χ4v) is 5.73. The molecule has 1 saturated carbocycles. The SMILES string of the molecule is C=C(C=C(F)C(=CF)C(F)=CC(F)(F)F)c1ccc(C2CCC(C3CCC(CCCCC)CO3)CC2)cc1F. The minimum atomic E-state index is -5.10. The first kappa shape index (κ1) is 31.2. The number of hydrogen-bond donors (Lipinski definition) is 0. The van der Waals surface area contributed by atoms with Gasteiger partial charge in [0.2, 0.25) is 0 Å². The molecule has 2 aliphatic rings. The fourth-order valence-electron chi connectivity index (χ4n) is 5.73. The molecule has 1 aliphatic heterocycles. The zero-order valence-corrected chi connectivity index (χ0v) is 22.3. The van der Waals surface area contributed by atoms with E-state index in [0.29, 0.717) is 17.9 Å². The molecule has 3 rings (SSSR count). The Kier molecular flexibility index (Phi) is 11.5. The van der Waals surface area contributed by atoms with Gasteiger partial charge in [-0.3, -0.25) is 0 Å². The molecule has 2 atom stereocenters. The van der Waals surface area contributed by atoms with Crippen molar-refractivity contribution in [2.45, 2.75) is 89.3 Å². The highest BCUT2D eigenvalue weighted by molar-refractivity contribution is 5.74. The molecule has 1 saturated heterocycles. The fraction of sp³-hybridized carbons (Fsp3) is 0.548. The van der Waals surface area contributed by atoms with Gasteiger partial charge in [0, 0.05) is 12.2 Å². The summed E-state index contributed by atoms with van der Waals surface area (Å²) >= 11 is 0. The zero-order chi connectivity index (χ0) is 28.6. The maximum atomic E-state index is 14.9. The predicted molar refractivity (Wildman–Crippen MR) is 140 cm³/mol. The summed E-state index contributed by atoms with van der Waals surface area (Å²) in [5.41, 5.74) is -1.10. The van der Waals surface area contributed by atoms with Gasteiger partial charge in [-0.05, 0) is 86.0 Å². The lowest BCUT2D eigenvalue weighted by Gasteiger charge is -2.38. The molecule has 0 spiro atoms. The summed E-state index contributed by atoms with van der Waals surface area (Å²) in [6.45, 7) is 6.57. The molecule has 0 N–H and O–H groups in total. The summed E-state index contributed by atoms with van der Waals surface area (Å²) in [5, 5.41) is 0. The summed E-state index contributed by atoms with van der Waals surface area (Å²) in [4.78, 5) is 0. The van der Waals surface area contributed by atoms with Gasteiger partial charge in [0.25, 0.3) is 0 Å². The van der Waals surface area contributed by atoms with Gasteiger partial charge in [0.05, 0.1) is 24.1 Å². The van der Waals surface area contributed by atoms with Crippen LogP contribution in [0.15, 0.2) is 60.5 Å². The average molecular weight is 559 g/mol. The van der Waals surface area contributed by atoms with E-state index in [2.05, 4.69) is 13.5 Å². The van der Waals surface area contributed by atoms with Crippen LogP contribution in [-0.2, 0) is 4.74 Å². The minimum absolute atomic E-state index is 0.106. The standard InChI is InChI=1S/C31H37F7O/c1-3-4-5-6-21-7-14-30(39-19-21)23-10-8-22(9-11-23)24-12-13-25(28(34)16-24)20(2)15-27(33)26(18-32)29(35)17-31(36,37)38/h12-13,15-18,21-23,30H,2-11,14,19H2,1H3. The van der Waals surface area contributed by atoms with Crippen molar-refractivity contribution in [3.05, 3.63) is 77.4 Å². The molecule has 8 heteroatoms. The molecule has 0 bridgehead atoms. The lowest BCUT2D eigenvalue weighted by Crippen LogP contribution is -2.34. The van der Waals surface area contributed by atoms with Crippen LogP contribution in [0, 0.1) is 17.7 Å². The number of alkyl halides is 3. The molecule has 2 fully saturated rings. The second kappa shape index (κ2) is 14.3. The summed E-state index contributed by atoms with van der Waals surface area (Å²) in [6, 6.07) is 4.48. The van der Waals surface area contributed by atoms with Crippen molar-refractivity contribution in [2.75, 3.05) is 6.61 Å². The largest absolute Gasteiger partial charge is 0.412 e. The molecule has 1 nitrogen and oxygen atoms in total. The van der Waals surface area contributed by atoms with Gasteiger partial charge < -0.3 is 4.74 Å². The lowest BCUT2D eigenvalue weighted by atomic mass is 9.75. The summed E-state index contributed by atoms with van der Waals surface area (Å²) in [5.74, 6) is -3.13. The van der Waals surface area contributed by atoms with Gasteiger partial charge in [-0.2, -0.15) is 13.2 Å². The first-order chi connectivity index (χ1) is 18.5. The third kappa shape index (κ3) is 9.09. The molecule has 216 valence electrons. The van der Waals surface area contributed by atoms with E-state index in [1.807, 2.05) is 0 Å². The number of allylic oxidation sites excluding steroid dienone is 6. The Hall–Kier alpha value is -2.35. The summed E-state index contributed by atoms with van der Waals surface area (Å²) in [6.07, 6.45) is 5.32. The number of unbranched alkanes of at least 4 members (excludes halogenated alkanes) is 2. The van der Waals surface area contributed by atoms with Gasteiger partial charge in [-0.25, -0.2) is 17.6 Å². The topological polar surface area (TPSA) is 9.23 Å². The second-order valence-electron chi connectivity index (χ2n) is 10.7. The highest BCUT2D eigenvalue weighted by Gasteiger charge is 2.32. The van der Waals surface area contributed by atoms with Crippen molar-refractivity contribution in [1.82, 2.24) is 0 Å². The Labute approximate surface area is 226 Å². The highest BCUT2D eigenvalue weighted by Crippen LogP contribution is 2.41. The van der Waals surface area contributed by atoms with Crippen LogP contribution in [0.3, 0.4) is 0 Å². The van der Waals surface area contributed by atoms with E-state index >= 15 is 0 Å². The molecule has 2 unspecified atom stereocenters. The van der Waals surface area contributed by atoms with Crippen molar-refractivity contribution < 1.29 is 35.5 Å². The van der Waals surface area contributed by atoms with Crippen LogP contribution in [0.2, 0.25) is 0 Å². The number of ether oxygens (including phenoxy) is 1. The van der Waals surface area contributed by atoms with E-state index in [4.69, 9.17) is 4.74 Å². The first-order valence-electron chi connectivity index (χ1n) is 13.8. The monoisotopic (exact) mass is 558 g/mol. The van der Waals surface area contributed by atoms with E-state index < -0.39 is 41.6 Å². The second-order valence-corrected chi connectivity index (χ2v) is 10.7. The van der Waals surface area contributed by atoms with Crippen LogP contribution in [-0.4, -0.2) is 18.9 Å². The molecule has 1 heterocycles. The Balaban J connectivity index is 1.57. The van der Waals surface area contributed by atoms with Crippen molar-refractivity contribution in [3.63, 3.8) is 0 Å². The maximum absolute atomic E-state index is 14.9. The van der Waals surface area contributed by atoms with E-state index in [9.17, 15) is 30.7 Å². The van der Waals surface area contributed by atoms with Gasteiger partial charge >= 0.3 is 6.18 Å². The van der Waals surface area contributed by atoms with Gasteiger partial charge in [0.1, 0.15) is 17.5 Å². The number of halogens is 7. The summed E-state index contributed by atoms with van der Waals surface area (Å²) < 4.78 is 99.1. The van der Waals surface area contributed by atoms with Crippen LogP contribution >= 0.6 is 0 Å². The molecule has 39 heavy (non-hydrogen) atoms. The molecule has 1 aromatic carbocycles. The van der Waals surface area contributed by atoms with E-state index in [-0.39, 0.29) is 23.2 Å². The molecule has 1 aliphatic carbocycles. The number of rotatable bonds is 10. The van der Waals surface area contributed by atoms with E-state index in [0.717, 1.165) is 44.3 Å². The maximum Gasteiger partial charge on any atom is 0.412 e. The van der Waals surface area contributed by atoms with E-state index in [1.54, 1.807) is 6.07 Å². The van der Waals surface area contributed by atoms with Crippen LogP contribution in [0.1, 0.15) is 88.2 Å². The third-order valence-electron chi connectivity index (χ3n) is 7.94. The summed E-state index contributed by atoms with van der Waals surface area (Å²) in [7, 11) is 0. The highest BCUT2D eigenvalue weighted by atomic mass is 19.4. The van der Waals surface area contributed by atoms with Crippen LogP contribution in [0.4, 0.5) is 30.7 Å². The van der Waals surface area contributed by atoms with Gasteiger partial charge in [0.15, 0.2) is 0 Å². The molecular weight excluding hydrogens is 521 g/mol. The third-order valence-corrected chi connectivity index (χ3v) is 7.94. The first-order valence-corrected chi connectivity index (χ1v) is 13.8. The van der Waals surface area contributed by atoms with Crippen LogP contribution in [0.5, 0.6) is 0 Å². The Morgan fingerprint density at radius 2 is 1.74 bits per heavy atom.